The van der Waals surface area contributed by atoms with Gasteiger partial charge >= 0.3 is 0 Å². The van der Waals surface area contributed by atoms with Crippen molar-refractivity contribution < 1.29 is 9.21 Å². The molecule has 16 heavy (non-hydrogen) atoms. The lowest BCUT2D eigenvalue weighted by atomic mass is 9.98. The first-order valence-corrected chi connectivity index (χ1v) is 6.21. The highest BCUT2D eigenvalue weighted by atomic mass is 35.5. The molecule has 0 saturated heterocycles. The molecule has 2 atom stereocenters. The molecule has 1 aromatic rings. The Balaban J connectivity index is 1.81. The van der Waals surface area contributed by atoms with Gasteiger partial charge in [-0.05, 0) is 30.7 Å². The molecule has 1 N–H and O–H groups in total. The van der Waals surface area contributed by atoms with Crippen molar-refractivity contribution in [1.29, 1.82) is 0 Å². The van der Waals surface area contributed by atoms with Gasteiger partial charge in [0.1, 0.15) is 6.26 Å². The summed E-state index contributed by atoms with van der Waals surface area (Å²) < 4.78 is 4.87. The van der Waals surface area contributed by atoms with Crippen LogP contribution in [0.1, 0.15) is 29.6 Å². The van der Waals surface area contributed by atoms with Gasteiger partial charge in [-0.2, -0.15) is 0 Å². The summed E-state index contributed by atoms with van der Waals surface area (Å²) in [6.07, 6.45) is 6.55. The van der Waals surface area contributed by atoms with Crippen LogP contribution in [0.4, 0.5) is 0 Å². The maximum Gasteiger partial charge on any atom is 0.254 e. The molecule has 0 aromatic carbocycles. The third-order valence-electron chi connectivity index (χ3n) is 3.32. The number of hydrogen-bond donors (Lipinski definition) is 1. The Bertz CT molecular complexity index is 337. The molecule has 88 valence electrons. The summed E-state index contributed by atoms with van der Waals surface area (Å²) >= 11 is 5.89. The lowest BCUT2D eigenvalue weighted by Crippen LogP contribution is -2.30. The second kappa shape index (κ2) is 5.39. The molecule has 1 aromatic heterocycles. The highest BCUT2D eigenvalue weighted by molar-refractivity contribution is 6.18. The standard InChI is InChI=1S/C12H16ClNO2/c13-6-9-2-1-3-10(9)7-14-12(15)11-4-5-16-8-11/h4-5,8-10H,1-3,6-7H2,(H,14,15). The van der Waals surface area contributed by atoms with E-state index in [-0.39, 0.29) is 5.91 Å². The topological polar surface area (TPSA) is 42.2 Å². The van der Waals surface area contributed by atoms with E-state index in [9.17, 15) is 4.79 Å². The zero-order chi connectivity index (χ0) is 11.4. The first-order valence-electron chi connectivity index (χ1n) is 5.67. The fourth-order valence-electron chi connectivity index (χ4n) is 2.31. The molecule has 1 heterocycles. The van der Waals surface area contributed by atoms with Crippen molar-refractivity contribution in [3.05, 3.63) is 24.2 Å². The summed E-state index contributed by atoms with van der Waals surface area (Å²) in [5.74, 6) is 1.74. The molecule has 1 aliphatic carbocycles. The molecule has 0 aliphatic heterocycles. The Morgan fingerprint density at radius 2 is 2.31 bits per heavy atom. The van der Waals surface area contributed by atoms with Crippen molar-refractivity contribution in [3.8, 4) is 0 Å². The lowest BCUT2D eigenvalue weighted by molar-refractivity contribution is 0.0944. The Hall–Kier alpha value is -0.960. The van der Waals surface area contributed by atoms with Gasteiger partial charge in [0.05, 0.1) is 11.8 Å². The molecular formula is C12H16ClNO2. The van der Waals surface area contributed by atoms with E-state index in [0.717, 1.165) is 6.54 Å². The van der Waals surface area contributed by atoms with E-state index in [4.69, 9.17) is 16.0 Å². The predicted octanol–water partition coefficient (Wildman–Crippen LogP) is 2.66. The Kier molecular flexibility index (Phi) is 3.88. The number of alkyl halides is 1. The monoisotopic (exact) mass is 241 g/mol. The van der Waals surface area contributed by atoms with Gasteiger partial charge in [-0.25, -0.2) is 0 Å². The highest BCUT2D eigenvalue weighted by Crippen LogP contribution is 2.31. The highest BCUT2D eigenvalue weighted by Gasteiger charge is 2.26. The van der Waals surface area contributed by atoms with E-state index >= 15 is 0 Å². The minimum atomic E-state index is -0.0611. The van der Waals surface area contributed by atoms with E-state index in [0.29, 0.717) is 23.3 Å². The van der Waals surface area contributed by atoms with Crippen LogP contribution in [0.2, 0.25) is 0 Å². The molecule has 2 rings (SSSR count). The fourth-order valence-corrected chi connectivity index (χ4v) is 2.71. The summed E-state index contributed by atoms with van der Waals surface area (Å²) in [6.45, 7) is 0.724. The number of carbonyl (C=O) groups excluding carboxylic acids is 1. The zero-order valence-corrected chi connectivity index (χ0v) is 9.87. The van der Waals surface area contributed by atoms with Crippen LogP contribution >= 0.6 is 11.6 Å². The zero-order valence-electron chi connectivity index (χ0n) is 9.12. The van der Waals surface area contributed by atoms with Crippen LogP contribution in [0.15, 0.2) is 23.0 Å². The van der Waals surface area contributed by atoms with Gasteiger partial charge < -0.3 is 9.73 Å². The molecule has 0 spiro atoms. The molecule has 1 saturated carbocycles. The maximum absolute atomic E-state index is 11.7. The van der Waals surface area contributed by atoms with Gasteiger partial charge in [-0.1, -0.05) is 6.42 Å². The van der Waals surface area contributed by atoms with E-state index in [2.05, 4.69) is 5.32 Å². The Labute approximate surface area is 100 Å². The number of rotatable bonds is 4. The van der Waals surface area contributed by atoms with Gasteiger partial charge in [0.25, 0.3) is 5.91 Å². The van der Waals surface area contributed by atoms with Gasteiger partial charge in [0.2, 0.25) is 0 Å². The van der Waals surface area contributed by atoms with Gasteiger partial charge in [-0.15, -0.1) is 11.6 Å². The fraction of sp³-hybridized carbons (Fsp3) is 0.583. The SMILES string of the molecule is O=C(NCC1CCCC1CCl)c1ccoc1. The molecule has 1 aliphatic rings. The summed E-state index contributed by atoms with van der Waals surface area (Å²) in [5.41, 5.74) is 0.584. The van der Waals surface area contributed by atoms with Gasteiger partial charge in [-0.3, -0.25) is 4.79 Å². The van der Waals surface area contributed by atoms with Crippen molar-refractivity contribution >= 4 is 17.5 Å². The minimum absolute atomic E-state index is 0.0611. The number of nitrogens with one attached hydrogen (secondary N) is 1. The molecule has 2 unspecified atom stereocenters. The van der Waals surface area contributed by atoms with Crippen molar-refractivity contribution in [2.75, 3.05) is 12.4 Å². The number of hydrogen-bond acceptors (Lipinski definition) is 2. The molecule has 1 amide bonds. The number of carbonyl (C=O) groups is 1. The lowest BCUT2D eigenvalue weighted by Gasteiger charge is -2.17. The van der Waals surface area contributed by atoms with Crippen LogP contribution in [-0.2, 0) is 0 Å². The van der Waals surface area contributed by atoms with Gasteiger partial charge in [0.15, 0.2) is 0 Å². The van der Waals surface area contributed by atoms with Crippen molar-refractivity contribution in [3.63, 3.8) is 0 Å². The van der Waals surface area contributed by atoms with Crippen LogP contribution < -0.4 is 5.32 Å². The summed E-state index contributed by atoms with van der Waals surface area (Å²) in [4.78, 5) is 11.7. The van der Waals surface area contributed by atoms with Crippen LogP contribution in [0.5, 0.6) is 0 Å². The van der Waals surface area contributed by atoms with Crippen LogP contribution in [0.3, 0.4) is 0 Å². The van der Waals surface area contributed by atoms with E-state index in [1.807, 2.05) is 0 Å². The Morgan fingerprint density at radius 3 is 3.00 bits per heavy atom. The maximum atomic E-state index is 11.7. The first kappa shape index (κ1) is 11.5. The first-order chi connectivity index (χ1) is 7.81. The van der Waals surface area contributed by atoms with Crippen molar-refractivity contribution in [2.45, 2.75) is 19.3 Å². The molecule has 3 nitrogen and oxygen atoms in total. The molecular weight excluding hydrogens is 226 g/mol. The van der Waals surface area contributed by atoms with Crippen LogP contribution in [-0.4, -0.2) is 18.3 Å². The average molecular weight is 242 g/mol. The smallest absolute Gasteiger partial charge is 0.254 e. The molecule has 4 heteroatoms. The molecule has 0 bridgehead atoms. The summed E-state index contributed by atoms with van der Waals surface area (Å²) in [5, 5.41) is 2.93. The van der Waals surface area contributed by atoms with Crippen LogP contribution in [0.25, 0.3) is 0 Å². The van der Waals surface area contributed by atoms with Gasteiger partial charge in [0, 0.05) is 12.4 Å². The third kappa shape index (κ3) is 2.59. The molecule has 0 radical (unpaired) electrons. The van der Waals surface area contributed by atoms with E-state index < -0.39 is 0 Å². The number of halogens is 1. The number of furan rings is 1. The quantitative estimate of drug-likeness (QED) is 0.824. The summed E-state index contributed by atoms with van der Waals surface area (Å²) in [7, 11) is 0. The van der Waals surface area contributed by atoms with Crippen molar-refractivity contribution in [1.82, 2.24) is 5.32 Å². The second-order valence-electron chi connectivity index (χ2n) is 4.33. The predicted molar refractivity (Wildman–Crippen MR) is 62.6 cm³/mol. The third-order valence-corrected chi connectivity index (χ3v) is 3.72. The summed E-state index contributed by atoms with van der Waals surface area (Å²) in [6, 6.07) is 1.67. The average Bonchev–Trinajstić information content (AvgIpc) is 2.96. The Morgan fingerprint density at radius 1 is 1.50 bits per heavy atom. The van der Waals surface area contributed by atoms with Crippen LogP contribution in [0, 0.1) is 11.8 Å². The normalized spacial score (nSPS) is 24.6. The number of amides is 1. The minimum Gasteiger partial charge on any atom is -0.472 e. The van der Waals surface area contributed by atoms with E-state index in [1.54, 1.807) is 6.07 Å². The second-order valence-corrected chi connectivity index (χ2v) is 4.64. The largest absolute Gasteiger partial charge is 0.472 e. The molecule has 1 fully saturated rings. The van der Waals surface area contributed by atoms with Crippen molar-refractivity contribution in [2.24, 2.45) is 11.8 Å². The van der Waals surface area contributed by atoms with E-state index in [1.165, 1.54) is 31.8 Å².